The van der Waals surface area contributed by atoms with E-state index in [1.165, 1.54) is 17.1 Å². The van der Waals surface area contributed by atoms with Crippen molar-refractivity contribution < 1.29 is 58.1 Å². The van der Waals surface area contributed by atoms with Crippen molar-refractivity contribution >= 4 is 59.2 Å². The Morgan fingerprint density at radius 2 is 1.34 bits per heavy atom. The molecule has 0 radical (unpaired) electrons. The van der Waals surface area contributed by atoms with Crippen molar-refractivity contribution in [3.63, 3.8) is 0 Å². The maximum Gasteiger partial charge on any atom is 0.326 e. The SMILES string of the molecule is CC(C)C[C@@H]1NC(=O)[C@H](CCCN=C(N)N)NC(=O)[C@@H](N)C/C=C\C[C@@H](C(=O)N[C@@H](CCCCN)C(=O)NCC(=O)N2CCC[C@H]2C(=O)N[C@@H](Cc2cc(C3CCCC3)c(OCc3ccccc3)c(C3CCCC3)c2)C(=O)O)NC(=O)[C@H](CO)NC1=O. The molecule has 478 valence electrons. The third-order valence-corrected chi connectivity index (χ3v) is 16.6. The number of rotatable bonds is 26. The lowest BCUT2D eigenvalue weighted by atomic mass is 9.86. The zero-order valence-electron chi connectivity index (χ0n) is 50.4. The van der Waals surface area contributed by atoms with Crippen molar-refractivity contribution in [1.82, 2.24) is 42.1 Å². The van der Waals surface area contributed by atoms with Crippen LogP contribution in [0.3, 0.4) is 0 Å². The molecule has 1 saturated heterocycles. The molecule has 2 aromatic carbocycles. The molecule has 0 unspecified atom stereocenters. The fourth-order valence-electron chi connectivity index (χ4n) is 11.9. The Bertz CT molecular complexity index is 2690. The molecule has 2 aliphatic carbocycles. The Labute approximate surface area is 509 Å². The van der Waals surface area contributed by atoms with E-state index in [9.17, 15) is 53.4 Å². The molecule has 2 saturated carbocycles. The molecule has 4 aliphatic rings. The molecular formula is C62H93N13O12. The summed E-state index contributed by atoms with van der Waals surface area (Å²) in [5.74, 6) is -6.25. The molecule has 2 heterocycles. The fraction of sp³-hybridized carbons (Fsp3) is 0.613. The number of amides is 8. The first-order valence-electron chi connectivity index (χ1n) is 31.0. The Hall–Kier alpha value is -7.64. The third-order valence-electron chi connectivity index (χ3n) is 16.6. The van der Waals surface area contributed by atoms with Gasteiger partial charge in [0.2, 0.25) is 47.3 Å². The third kappa shape index (κ3) is 21.0. The number of likely N-dealkylation sites (tertiary alicyclic amines) is 1. The van der Waals surface area contributed by atoms with Gasteiger partial charge in [-0.25, -0.2) is 4.79 Å². The molecule has 8 amide bonds. The average molecular weight is 1210 g/mol. The summed E-state index contributed by atoms with van der Waals surface area (Å²) in [4.78, 5) is 129. The highest BCUT2D eigenvalue weighted by Gasteiger charge is 2.38. The molecule has 0 spiro atoms. The molecule has 0 bridgehead atoms. The lowest BCUT2D eigenvalue weighted by molar-refractivity contribution is -0.144. The topological polar surface area (TPSA) is 407 Å². The highest BCUT2D eigenvalue weighted by Crippen LogP contribution is 2.47. The molecule has 6 rings (SSSR count). The molecule has 25 nitrogen and oxygen atoms in total. The highest BCUT2D eigenvalue weighted by molar-refractivity contribution is 5.98. The lowest BCUT2D eigenvalue weighted by Crippen LogP contribution is -2.60. The van der Waals surface area contributed by atoms with E-state index < -0.39 is 115 Å². The molecule has 87 heavy (non-hydrogen) atoms. The first-order chi connectivity index (χ1) is 41.8. The molecule has 3 fully saturated rings. The number of aliphatic hydroxyl groups excluding tert-OH is 1. The number of aliphatic imine (C=N–C) groups is 1. The summed E-state index contributed by atoms with van der Waals surface area (Å²) in [6.45, 7) is 3.08. The number of aliphatic hydroxyl groups is 1. The number of ether oxygens (including phenoxy) is 1. The van der Waals surface area contributed by atoms with Crippen LogP contribution in [0.25, 0.3) is 0 Å². The minimum absolute atomic E-state index is 0.00492. The van der Waals surface area contributed by atoms with Gasteiger partial charge in [-0.1, -0.05) is 94.1 Å². The number of nitrogens with two attached hydrogens (primary N) is 4. The van der Waals surface area contributed by atoms with E-state index in [1.54, 1.807) is 13.8 Å². The number of carbonyl (C=O) groups is 9. The van der Waals surface area contributed by atoms with Crippen molar-refractivity contribution in [3.05, 3.63) is 76.9 Å². The van der Waals surface area contributed by atoms with Crippen LogP contribution in [0.1, 0.15) is 164 Å². The normalized spacial score (nSPS) is 22.9. The van der Waals surface area contributed by atoms with Crippen LogP contribution in [-0.2, 0) is 56.2 Å². The Morgan fingerprint density at radius 3 is 1.97 bits per heavy atom. The van der Waals surface area contributed by atoms with E-state index in [-0.39, 0.29) is 94.7 Å². The number of carbonyl (C=O) groups excluding carboxylic acids is 8. The fourth-order valence-corrected chi connectivity index (χ4v) is 11.9. The summed E-state index contributed by atoms with van der Waals surface area (Å²) in [5, 5.41) is 39.4. The van der Waals surface area contributed by atoms with Crippen LogP contribution < -0.4 is 64.9 Å². The zero-order chi connectivity index (χ0) is 63.0. The molecule has 2 aromatic rings. The van der Waals surface area contributed by atoms with Crippen LogP contribution in [0.5, 0.6) is 5.75 Å². The molecular weight excluding hydrogens is 1120 g/mol. The number of carboxylic acid groups (broad SMARTS) is 1. The van der Waals surface area contributed by atoms with E-state index in [4.69, 9.17) is 27.7 Å². The van der Waals surface area contributed by atoms with Crippen LogP contribution >= 0.6 is 0 Å². The van der Waals surface area contributed by atoms with Gasteiger partial charge < -0.3 is 80.0 Å². The van der Waals surface area contributed by atoms with Gasteiger partial charge in [0.1, 0.15) is 54.6 Å². The maximum absolute atomic E-state index is 14.3. The average Bonchev–Trinajstić information content (AvgIpc) is 2.38. The summed E-state index contributed by atoms with van der Waals surface area (Å²) in [6, 6.07) is 3.84. The summed E-state index contributed by atoms with van der Waals surface area (Å²) < 4.78 is 6.71. The van der Waals surface area contributed by atoms with Crippen molar-refractivity contribution in [2.75, 3.05) is 32.8 Å². The Balaban J connectivity index is 1.14. The summed E-state index contributed by atoms with van der Waals surface area (Å²) >= 11 is 0. The predicted octanol–water partition coefficient (Wildman–Crippen LogP) is 1.12. The van der Waals surface area contributed by atoms with Gasteiger partial charge in [-0.3, -0.25) is 43.3 Å². The van der Waals surface area contributed by atoms with E-state index in [0.29, 0.717) is 25.9 Å². The van der Waals surface area contributed by atoms with E-state index in [1.807, 2.05) is 30.3 Å². The second-order valence-corrected chi connectivity index (χ2v) is 23.8. The number of nitrogens with one attached hydrogen (secondary N) is 7. The van der Waals surface area contributed by atoms with Gasteiger partial charge in [-0.15, -0.1) is 0 Å². The largest absolute Gasteiger partial charge is 0.488 e. The summed E-state index contributed by atoms with van der Waals surface area (Å²) in [6.07, 6.45) is 13.0. The number of carboxylic acids is 1. The van der Waals surface area contributed by atoms with Crippen LogP contribution in [0, 0.1) is 5.92 Å². The smallest absolute Gasteiger partial charge is 0.326 e. The number of hydrogen-bond acceptors (Lipinski definition) is 14. The maximum atomic E-state index is 14.3. The number of hydrogen-bond donors (Lipinski definition) is 13. The molecule has 0 aromatic heterocycles. The molecule has 17 N–H and O–H groups in total. The van der Waals surface area contributed by atoms with Crippen molar-refractivity contribution in [1.29, 1.82) is 0 Å². The quantitative estimate of drug-likeness (QED) is 0.0272. The second-order valence-electron chi connectivity index (χ2n) is 23.8. The highest BCUT2D eigenvalue weighted by atomic mass is 16.5. The minimum Gasteiger partial charge on any atom is -0.488 e. The lowest BCUT2D eigenvalue weighted by Gasteiger charge is -2.27. The van der Waals surface area contributed by atoms with Gasteiger partial charge in [-0.2, -0.15) is 0 Å². The van der Waals surface area contributed by atoms with Crippen molar-refractivity contribution in [2.45, 2.75) is 203 Å². The monoisotopic (exact) mass is 1210 g/mol. The first kappa shape index (κ1) is 68.5. The zero-order valence-corrected chi connectivity index (χ0v) is 50.4. The second kappa shape index (κ2) is 34.6. The number of unbranched alkanes of at least 4 members (excludes halogenated alkanes) is 1. The van der Waals surface area contributed by atoms with Gasteiger partial charge in [0.15, 0.2) is 5.96 Å². The van der Waals surface area contributed by atoms with Crippen LogP contribution in [-0.4, -0.2) is 155 Å². The van der Waals surface area contributed by atoms with Gasteiger partial charge in [-0.05, 0) is 136 Å². The molecule has 25 heteroatoms. The van der Waals surface area contributed by atoms with Gasteiger partial charge in [0.05, 0.1) is 19.2 Å². The van der Waals surface area contributed by atoms with Crippen LogP contribution in [0.4, 0.5) is 0 Å². The molecule has 8 atom stereocenters. The number of nitrogens with zero attached hydrogens (tertiary/aromatic N) is 2. The number of benzene rings is 2. The van der Waals surface area contributed by atoms with E-state index >= 15 is 0 Å². The van der Waals surface area contributed by atoms with Gasteiger partial charge in [0, 0.05) is 19.5 Å². The van der Waals surface area contributed by atoms with Gasteiger partial charge >= 0.3 is 5.97 Å². The summed E-state index contributed by atoms with van der Waals surface area (Å²) in [5.41, 5.74) is 26.9. The van der Waals surface area contributed by atoms with Crippen LogP contribution in [0.15, 0.2) is 59.6 Å². The number of guanidine groups is 1. The standard InChI is InChI=1S/C62H93N13O12/c1-37(2)30-48-58(82)74-50(35-76)59(83)71-46(23-11-10-22-44(64)54(78)69-47(57(81)72-48)25-14-28-67-62(65)66)56(80)70-45(24-12-13-27-63)55(79)68-34-52(77)75-29-15-26-51(75)60(84)73-49(61(85)86)33-39-31-42(40-18-6-7-19-40)53(43(32-39)41-20-8-9-21-41)87-36-38-16-4-3-5-17-38/h3-5,10-11,16-17,31-32,37,40-41,44-51,76H,6-9,12-15,18-30,33-36,63-64H2,1-2H3,(H,68,79)(H,69,78)(H,70,80)(H,71,83)(H,72,81)(H,73,84)(H,74,82)(H,85,86)(H4,65,66,67)/b11-10-/t44-,45-,46-,47-,48-,49-,50-,51-/m0/s1. The summed E-state index contributed by atoms with van der Waals surface area (Å²) in [7, 11) is 0. The van der Waals surface area contributed by atoms with Crippen molar-refractivity contribution in [2.24, 2.45) is 33.8 Å². The van der Waals surface area contributed by atoms with E-state index in [2.05, 4.69) is 54.3 Å². The Kier molecular flexibility index (Phi) is 27.3. The van der Waals surface area contributed by atoms with E-state index in [0.717, 1.165) is 79.4 Å². The van der Waals surface area contributed by atoms with Gasteiger partial charge in [0.25, 0.3) is 0 Å². The number of aliphatic carboxylic acids is 1. The predicted molar refractivity (Wildman–Crippen MR) is 326 cm³/mol. The Morgan fingerprint density at radius 1 is 0.736 bits per heavy atom. The first-order valence-corrected chi connectivity index (χ1v) is 31.0. The van der Waals surface area contributed by atoms with Crippen molar-refractivity contribution in [3.8, 4) is 5.75 Å². The minimum atomic E-state index is -1.61. The van der Waals surface area contributed by atoms with Crippen LogP contribution in [0.2, 0.25) is 0 Å². The molecule has 2 aliphatic heterocycles.